The molecule has 0 N–H and O–H groups in total. The Balaban J connectivity index is 1.90. The molecule has 2 heterocycles. The molecule has 0 bridgehead atoms. The summed E-state index contributed by atoms with van der Waals surface area (Å²) >= 11 is 1.40. The highest BCUT2D eigenvalue weighted by atomic mass is 32.1. The van der Waals surface area contributed by atoms with Gasteiger partial charge in [-0.1, -0.05) is 48.6 Å². The molecule has 4 aromatic rings. The molecular formula is C23H23N3O3S. The maximum atomic E-state index is 13.2. The number of para-hydroxylation sites is 2. The number of thiazole rings is 1. The van der Waals surface area contributed by atoms with Crippen LogP contribution in [-0.4, -0.2) is 27.6 Å². The summed E-state index contributed by atoms with van der Waals surface area (Å²) in [5, 5.41) is 0.860. The van der Waals surface area contributed by atoms with Gasteiger partial charge in [0.25, 0.3) is 5.91 Å². The fourth-order valence-electron chi connectivity index (χ4n) is 3.72. The molecule has 0 spiro atoms. The summed E-state index contributed by atoms with van der Waals surface area (Å²) in [5.74, 6) is -0.645. The van der Waals surface area contributed by atoms with Crippen LogP contribution < -0.4 is 4.80 Å². The van der Waals surface area contributed by atoms with E-state index in [0.29, 0.717) is 23.4 Å². The molecule has 6 nitrogen and oxygen atoms in total. The predicted octanol–water partition coefficient (Wildman–Crippen LogP) is 4.45. The Bertz CT molecular complexity index is 1310. The van der Waals surface area contributed by atoms with Crippen LogP contribution in [0.4, 0.5) is 0 Å². The van der Waals surface area contributed by atoms with Crippen molar-refractivity contribution >= 4 is 44.3 Å². The van der Waals surface area contributed by atoms with Gasteiger partial charge in [0.05, 0.1) is 22.4 Å². The normalized spacial score (nSPS) is 13.1. The molecule has 1 amide bonds. The van der Waals surface area contributed by atoms with Gasteiger partial charge in [0.2, 0.25) is 0 Å². The number of carbonyl (C=O) groups is 2. The molecule has 0 radical (unpaired) electrons. The first kappa shape index (κ1) is 20.1. The lowest BCUT2D eigenvalue weighted by Gasteiger charge is -2.16. The fourth-order valence-corrected chi connectivity index (χ4v) is 4.79. The second-order valence-electron chi connectivity index (χ2n) is 6.99. The van der Waals surface area contributed by atoms with Crippen molar-refractivity contribution in [3.05, 3.63) is 65.1 Å². The lowest BCUT2D eigenvalue weighted by molar-refractivity contribution is -0.147. The molecule has 1 unspecified atom stereocenters. The van der Waals surface area contributed by atoms with Gasteiger partial charge in [-0.25, -0.2) is 4.79 Å². The minimum Gasteiger partial charge on any atom is -0.464 e. The van der Waals surface area contributed by atoms with Crippen LogP contribution in [0.5, 0.6) is 0 Å². The average Bonchev–Trinajstić information content (AvgIpc) is 3.27. The van der Waals surface area contributed by atoms with Crippen molar-refractivity contribution in [2.45, 2.75) is 26.3 Å². The zero-order chi connectivity index (χ0) is 21.3. The summed E-state index contributed by atoms with van der Waals surface area (Å²) < 4.78 is 10.0. The van der Waals surface area contributed by atoms with Crippen LogP contribution in [0.1, 0.15) is 36.7 Å². The van der Waals surface area contributed by atoms with Crippen LogP contribution in [0.2, 0.25) is 0 Å². The van der Waals surface area contributed by atoms with Crippen LogP contribution in [0, 0.1) is 0 Å². The van der Waals surface area contributed by atoms with E-state index in [1.807, 2.05) is 71.6 Å². The summed E-state index contributed by atoms with van der Waals surface area (Å²) in [6.07, 6.45) is 2.34. The topological polar surface area (TPSA) is 65.6 Å². The maximum Gasteiger partial charge on any atom is 0.329 e. The fraction of sp³-hybridized carbons (Fsp3) is 0.261. The molecular weight excluding hydrogens is 398 g/mol. The lowest BCUT2D eigenvalue weighted by Crippen LogP contribution is -2.29. The van der Waals surface area contributed by atoms with Crippen molar-refractivity contribution < 1.29 is 14.3 Å². The second kappa shape index (κ2) is 8.28. The first-order valence-electron chi connectivity index (χ1n) is 9.95. The maximum absolute atomic E-state index is 13.2. The number of carbonyl (C=O) groups excluding carboxylic acids is 2. The largest absolute Gasteiger partial charge is 0.464 e. The van der Waals surface area contributed by atoms with Gasteiger partial charge in [-0.05, 0) is 31.5 Å². The van der Waals surface area contributed by atoms with Gasteiger partial charge in [0, 0.05) is 24.1 Å². The van der Waals surface area contributed by atoms with E-state index >= 15 is 0 Å². The number of amides is 1. The Hall–Kier alpha value is -3.19. The zero-order valence-corrected chi connectivity index (χ0v) is 18.0. The molecule has 7 heteroatoms. The number of nitrogens with zero attached hydrogens (tertiary/aromatic N) is 3. The minimum absolute atomic E-state index is 0.305. The molecule has 1 atom stereocenters. The Morgan fingerprint density at radius 3 is 2.50 bits per heavy atom. The molecule has 30 heavy (non-hydrogen) atoms. The monoisotopic (exact) mass is 421 g/mol. The summed E-state index contributed by atoms with van der Waals surface area (Å²) in [5.41, 5.74) is 2.38. The minimum atomic E-state index is -0.542. The van der Waals surface area contributed by atoms with E-state index in [0.717, 1.165) is 21.1 Å². The molecule has 0 aliphatic carbocycles. The average molecular weight is 422 g/mol. The van der Waals surface area contributed by atoms with Crippen molar-refractivity contribution in [3.8, 4) is 0 Å². The molecule has 0 saturated heterocycles. The van der Waals surface area contributed by atoms with Crippen LogP contribution in [0.25, 0.3) is 21.1 Å². The number of aryl methyl sites for hydroxylation is 1. The highest BCUT2D eigenvalue weighted by Gasteiger charge is 2.24. The van der Waals surface area contributed by atoms with Gasteiger partial charge in [-0.3, -0.25) is 4.79 Å². The van der Waals surface area contributed by atoms with Gasteiger partial charge >= 0.3 is 5.97 Å². The molecule has 2 aromatic heterocycles. The summed E-state index contributed by atoms with van der Waals surface area (Å²) in [6.45, 7) is 4.02. The molecule has 0 saturated carbocycles. The molecule has 0 aliphatic rings. The van der Waals surface area contributed by atoms with E-state index in [1.165, 1.54) is 11.3 Å². The van der Waals surface area contributed by atoms with Crippen molar-refractivity contribution in [1.29, 1.82) is 0 Å². The summed E-state index contributed by atoms with van der Waals surface area (Å²) in [4.78, 5) is 30.8. The van der Waals surface area contributed by atoms with Gasteiger partial charge in [0.15, 0.2) is 4.80 Å². The smallest absolute Gasteiger partial charge is 0.329 e. The van der Waals surface area contributed by atoms with Crippen LogP contribution in [0.3, 0.4) is 0 Å². The van der Waals surface area contributed by atoms with Crippen LogP contribution in [0.15, 0.2) is 59.7 Å². The number of rotatable bonds is 5. The van der Waals surface area contributed by atoms with E-state index in [2.05, 4.69) is 4.99 Å². The first-order valence-corrected chi connectivity index (χ1v) is 10.8. The highest BCUT2D eigenvalue weighted by Crippen LogP contribution is 2.24. The van der Waals surface area contributed by atoms with E-state index < -0.39 is 6.04 Å². The SMILES string of the molecule is CCOC(=O)C(CC)n1c(=NC(=O)c2cn(C)c3ccccc23)sc2ccccc21. The van der Waals surface area contributed by atoms with E-state index in [1.54, 1.807) is 13.1 Å². The first-order chi connectivity index (χ1) is 14.5. The molecule has 0 fully saturated rings. The van der Waals surface area contributed by atoms with Gasteiger partial charge in [0.1, 0.15) is 6.04 Å². The Labute approximate surface area is 178 Å². The van der Waals surface area contributed by atoms with Gasteiger partial charge < -0.3 is 13.9 Å². The third-order valence-electron chi connectivity index (χ3n) is 5.11. The molecule has 4 rings (SSSR count). The van der Waals surface area contributed by atoms with Crippen LogP contribution in [-0.2, 0) is 16.6 Å². The predicted molar refractivity (Wildman–Crippen MR) is 119 cm³/mol. The molecule has 154 valence electrons. The third kappa shape index (κ3) is 3.45. The number of hydrogen-bond donors (Lipinski definition) is 0. The summed E-state index contributed by atoms with van der Waals surface area (Å²) in [6, 6.07) is 15.0. The number of aromatic nitrogens is 2. The quantitative estimate of drug-likeness (QED) is 0.447. The molecule has 0 aliphatic heterocycles. The lowest BCUT2D eigenvalue weighted by atomic mass is 10.2. The summed E-state index contributed by atoms with van der Waals surface area (Å²) in [7, 11) is 1.91. The highest BCUT2D eigenvalue weighted by molar-refractivity contribution is 7.16. The Morgan fingerprint density at radius 2 is 1.77 bits per heavy atom. The number of benzene rings is 2. The van der Waals surface area contributed by atoms with Crippen molar-refractivity contribution in [2.75, 3.05) is 6.61 Å². The number of hydrogen-bond acceptors (Lipinski definition) is 4. The Kier molecular flexibility index (Phi) is 5.55. The van der Waals surface area contributed by atoms with Crippen molar-refractivity contribution in [1.82, 2.24) is 9.13 Å². The van der Waals surface area contributed by atoms with Gasteiger partial charge in [-0.2, -0.15) is 4.99 Å². The standard InChI is InChI=1S/C23H23N3O3S/c1-4-17(22(28)29-5-2)26-19-12-8-9-13-20(19)30-23(26)24-21(27)16-14-25(3)18-11-7-6-10-15(16)18/h6-14,17H,4-5H2,1-3H3. The van der Waals surface area contributed by atoms with Crippen molar-refractivity contribution in [2.24, 2.45) is 12.0 Å². The number of fused-ring (bicyclic) bond motifs is 2. The van der Waals surface area contributed by atoms with E-state index in [9.17, 15) is 9.59 Å². The van der Waals surface area contributed by atoms with E-state index in [4.69, 9.17) is 4.74 Å². The number of ether oxygens (including phenoxy) is 1. The van der Waals surface area contributed by atoms with Crippen molar-refractivity contribution in [3.63, 3.8) is 0 Å². The molecule has 2 aromatic carbocycles. The van der Waals surface area contributed by atoms with Gasteiger partial charge in [-0.15, -0.1) is 0 Å². The number of esters is 1. The third-order valence-corrected chi connectivity index (χ3v) is 6.15. The van der Waals surface area contributed by atoms with Crippen LogP contribution >= 0.6 is 11.3 Å². The zero-order valence-electron chi connectivity index (χ0n) is 17.2. The second-order valence-corrected chi connectivity index (χ2v) is 8.00. The Morgan fingerprint density at radius 1 is 1.07 bits per heavy atom. The van der Waals surface area contributed by atoms with E-state index in [-0.39, 0.29) is 11.9 Å².